The lowest BCUT2D eigenvalue weighted by molar-refractivity contribution is -0.0498. The summed E-state index contributed by atoms with van der Waals surface area (Å²) < 4.78 is 28.3. The molecule has 116 valence electrons. The number of carbonyl (C=O) groups excluding carboxylic acids is 1. The first-order valence-corrected chi connectivity index (χ1v) is 6.63. The minimum atomic E-state index is -2.90. The van der Waals surface area contributed by atoms with Crippen molar-refractivity contribution in [2.45, 2.75) is 20.5 Å². The van der Waals surface area contributed by atoms with E-state index in [0.717, 1.165) is 0 Å². The molecule has 0 saturated carbocycles. The van der Waals surface area contributed by atoms with Gasteiger partial charge in [0.1, 0.15) is 5.75 Å². The van der Waals surface area contributed by atoms with Crippen LogP contribution in [0.1, 0.15) is 24.2 Å². The van der Waals surface area contributed by atoms with Crippen molar-refractivity contribution in [2.75, 3.05) is 6.54 Å². The number of halogens is 2. The number of rotatable bonds is 5. The van der Waals surface area contributed by atoms with Crippen LogP contribution in [0.2, 0.25) is 0 Å². The van der Waals surface area contributed by atoms with Crippen molar-refractivity contribution in [2.24, 2.45) is 11.7 Å². The maximum Gasteiger partial charge on any atom is 0.387 e. The number of amides is 1. The lowest BCUT2D eigenvalue weighted by atomic mass is 10.2. The van der Waals surface area contributed by atoms with Crippen molar-refractivity contribution in [1.29, 1.82) is 0 Å². The molecule has 0 fully saturated rings. The Labute approximate surface area is 127 Å². The summed E-state index contributed by atoms with van der Waals surface area (Å²) in [6.45, 7) is 1.47. The molecule has 3 N–H and O–H groups in total. The number of hydrogen-bond donors (Lipinski definition) is 2. The van der Waals surface area contributed by atoms with Crippen molar-refractivity contribution >= 4 is 23.2 Å². The van der Waals surface area contributed by atoms with Gasteiger partial charge in [0.05, 0.1) is 0 Å². The summed E-state index contributed by atoms with van der Waals surface area (Å²) in [5.41, 5.74) is 8.37. The van der Waals surface area contributed by atoms with Crippen molar-refractivity contribution < 1.29 is 18.3 Å². The topological polar surface area (TPSA) is 67.6 Å². The summed E-state index contributed by atoms with van der Waals surface area (Å²) in [5, 5.41) is 1.42. The van der Waals surface area contributed by atoms with Crippen LogP contribution in [0.5, 0.6) is 5.75 Å². The van der Waals surface area contributed by atoms with Crippen LogP contribution in [0.25, 0.3) is 0 Å². The highest BCUT2D eigenvalue weighted by Crippen LogP contribution is 2.15. The Hall–Kier alpha value is -1.96. The predicted octanol–water partition coefficient (Wildman–Crippen LogP) is 2.13. The molecule has 1 aromatic carbocycles. The lowest BCUT2D eigenvalue weighted by Gasteiger charge is -2.25. The number of nitrogens with two attached hydrogens (primary N) is 1. The van der Waals surface area contributed by atoms with Crippen LogP contribution in [0.15, 0.2) is 24.3 Å². The van der Waals surface area contributed by atoms with Crippen LogP contribution in [-0.2, 0) is 0 Å². The first-order chi connectivity index (χ1) is 9.79. The SMILES string of the molecule is CC(C)CN(NC(=O)c1ccc(OC(F)F)cc1)C(N)=S. The van der Waals surface area contributed by atoms with Crippen LogP contribution in [0, 0.1) is 5.92 Å². The van der Waals surface area contributed by atoms with E-state index in [0.29, 0.717) is 6.54 Å². The van der Waals surface area contributed by atoms with Gasteiger partial charge in [0.25, 0.3) is 5.91 Å². The molecule has 0 heterocycles. The third-order valence-corrected chi connectivity index (χ3v) is 2.61. The van der Waals surface area contributed by atoms with Crippen LogP contribution < -0.4 is 15.9 Å². The zero-order valence-electron chi connectivity index (χ0n) is 11.7. The maximum absolute atomic E-state index is 12.0. The Bertz CT molecular complexity index is 495. The van der Waals surface area contributed by atoms with Gasteiger partial charge in [-0.3, -0.25) is 15.2 Å². The lowest BCUT2D eigenvalue weighted by Crippen LogP contribution is -2.50. The molecule has 1 amide bonds. The van der Waals surface area contributed by atoms with Crippen LogP contribution in [0.3, 0.4) is 0 Å². The summed E-state index contributed by atoms with van der Waals surface area (Å²) in [6, 6.07) is 5.32. The summed E-state index contributed by atoms with van der Waals surface area (Å²) in [6.07, 6.45) is 0. The normalized spacial score (nSPS) is 10.6. The molecule has 0 saturated heterocycles. The Morgan fingerprint density at radius 1 is 1.38 bits per heavy atom. The fourth-order valence-corrected chi connectivity index (χ4v) is 1.65. The molecule has 1 aromatic rings. The van der Waals surface area contributed by atoms with E-state index in [2.05, 4.69) is 10.2 Å². The van der Waals surface area contributed by atoms with Gasteiger partial charge in [0.15, 0.2) is 5.11 Å². The van der Waals surface area contributed by atoms with Crippen LogP contribution >= 0.6 is 12.2 Å². The Morgan fingerprint density at radius 3 is 2.38 bits per heavy atom. The molecular formula is C13H17F2N3O2S. The van der Waals surface area contributed by atoms with Gasteiger partial charge >= 0.3 is 6.61 Å². The van der Waals surface area contributed by atoms with E-state index in [1.54, 1.807) is 0 Å². The monoisotopic (exact) mass is 317 g/mol. The summed E-state index contributed by atoms with van der Waals surface area (Å²) in [5.74, 6) is -0.212. The summed E-state index contributed by atoms with van der Waals surface area (Å²) in [4.78, 5) is 12.0. The Kier molecular flexibility index (Phi) is 6.29. The molecule has 0 bridgehead atoms. The predicted molar refractivity (Wildman–Crippen MR) is 78.9 cm³/mol. The van der Waals surface area contributed by atoms with Crippen LogP contribution in [-0.4, -0.2) is 29.2 Å². The maximum atomic E-state index is 12.0. The molecule has 5 nitrogen and oxygen atoms in total. The zero-order chi connectivity index (χ0) is 16.0. The van der Waals surface area contributed by atoms with Gasteiger partial charge in [-0.2, -0.15) is 8.78 Å². The molecule has 0 aliphatic carbocycles. The van der Waals surface area contributed by atoms with Crippen molar-refractivity contribution in [3.05, 3.63) is 29.8 Å². The van der Waals surface area contributed by atoms with Crippen LogP contribution in [0.4, 0.5) is 8.78 Å². The number of benzene rings is 1. The molecule has 0 unspecified atom stereocenters. The van der Waals surface area contributed by atoms with Gasteiger partial charge in [-0.15, -0.1) is 0 Å². The second-order valence-corrected chi connectivity index (χ2v) is 5.10. The van der Waals surface area contributed by atoms with Crippen molar-refractivity contribution in [3.63, 3.8) is 0 Å². The summed E-state index contributed by atoms with van der Waals surface area (Å²) in [7, 11) is 0. The van der Waals surface area contributed by atoms with E-state index in [4.69, 9.17) is 18.0 Å². The van der Waals surface area contributed by atoms with Gasteiger partial charge in [-0.25, -0.2) is 0 Å². The second kappa shape index (κ2) is 7.72. The number of hydrazine groups is 1. The molecule has 0 radical (unpaired) electrons. The molecule has 21 heavy (non-hydrogen) atoms. The summed E-state index contributed by atoms with van der Waals surface area (Å²) >= 11 is 4.86. The Balaban J connectivity index is 2.71. The molecule has 0 atom stereocenters. The van der Waals surface area contributed by atoms with E-state index in [1.807, 2.05) is 13.8 Å². The highest BCUT2D eigenvalue weighted by atomic mass is 32.1. The average Bonchev–Trinajstić information content (AvgIpc) is 2.37. The molecule has 0 aliphatic rings. The molecule has 0 spiro atoms. The van der Waals surface area contributed by atoms with E-state index >= 15 is 0 Å². The van der Waals surface area contributed by atoms with E-state index in [9.17, 15) is 13.6 Å². The number of nitrogens with one attached hydrogen (secondary N) is 1. The first kappa shape index (κ1) is 17.1. The minimum Gasteiger partial charge on any atom is -0.435 e. The molecule has 0 aliphatic heterocycles. The largest absolute Gasteiger partial charge is 0.435 e. The minimum absolute atomic E-state index is 0.0186. The number of alkyl halides is 2. The standard InChI is InChI=1S/C13H17F2N3O2S/c1-8(2)7-18(13(16)21)17-11(19)9-3-5-10(6-4-9)20-12(14)15/h3-6,8,12H,7H2,1-2H3,(H2,16,21)(H,17,19). The number of thiocarbonyl (C=S) groups is 1. The van der Waals surface area contributed by atoms with E-state index in [1.165, 1.54) is 29.3 Å². The quantitative estimate of drug-likeness (QED) is 0.643. The van der Waals surface area contributed by atoms with E-state index < -0.39 is 12.5 Å². The number of nitrogens with zero attached hydrogens (tertiary/aromatic N) is 1. The Morgan fingerprint density at radius 2 is 1.95 bits per heavy atom. The second-order valence-electron chi connectivity index (χ2n) is 4.69. The number of hydrogen-bond acceptors (Lipinski definition) is 3. The average molecular weight is 317 g/mol. The van der Waals surface area contributed by atoms with Gasteiger partial charge in [-0.1, -0.05) is 13.8 Å². The van der Waals surface area contributed by atoms with Gasteiger partial charge in [-0.05, 0) is 42.4 Å². The van der Waals surface area contributed by atoms with Gasteiger partial charge in [0.2, 0.25) is 0 Å². The van der Waals surface area contributed by atoms with Crippen molar-refractivity contribution in [1.82, 2.24) is 10.4 Å². The highest BCUT2D eigenvalue weighted by molar-refractivity contribution is 7.80. The number of ether oxygens (including phenoxy) is 1. The first-order valence-electron chi connectivity index (χ1n) is 6.22. The van der Waals surface area contributed by atoms with Crippen molar-refractivity contribution in [3.8, 4) is 5.75 Å². The van der Waals surface area contributed by atoms with E-state index in [-0.39, 0.29) is 22.3 Å². The zero-order valence-corrected chi connectivity index (χ0v) is 12.5. The third kappa shape index (κ3) is 5.90. The van der Waals surface area contributed by atoms with Gasteiger partial charge < -0.3 is 10.5 Å². The third-order valence-electron chi connectivity index (χ3n) is 2.39. The molecule has 1 rings (SSSR count). The molecular weight excluding hydrogens is 300 g/mol. The fraction of sp³-hybridized carbons (Fsp3) is 0.385. The highest BCUT2D eigenvalue weighted by Gasteiger charge is 2.14. The fourth-order valence-electron chi connectivity index (χ4n) is 1.53. The number of carbonyl (C=O) groups is 1. The molecule has 0 aromatic heterocycles. The molecule has 8 heteroatoms. The smallest absolute Gasteiger partial charge is 0.387 e. The van der Waals surface area contributed by atoms with Gasteiger partial charge in [0, 0.05) is 12.1 Å².